The van der Waals surface area contributed by atoms with E-state index in [4.69, 9.17) is 9.63 Å². The molecule has 1 aromatic carbocycles. The Morgan fingerprint density at radius 2 is 2.09 bits per heavy atom. The minimum absolute atomic E-state index is 0.0452. The zero-order chi connectivity index (χ0) is 15.9. The van der Waals surface area contributed by atoms with Crippen LogP contribution in [0.3, 0.4) is 0 Å². The van der Waals surface area contributed by atoms with Crippen LogP contribution < -0.4 is 15.3 Å². The van der Waals surface area contributed by atoms with E-state index in [9.17, 15) is 9.59 Å². The summed E-state index contributed by atoms with van der Waals surface area (Å²) >= 11 is 0. The molecule has 0 saturated heterocycles. The maximum absolute atomic E-state index is 11.4. The van der Waals surface area contributed by atoms with Crippen LogP contribution in [0.25, 0.3) is 0 Å². The van der Waals surface area contributed by atoms with Gasteiger partial charge < -0.3 is 10.4 Å². The highest BCUT2D eigenvalue weighted by atomic mass is 16.5. The number of carboxylic acid groups (broad SMARTS) is 1. The van der Waals surface area contributed by atoms with Crippen molar-refractivity contribution in [3.8, 4) is 0 Å². The van der Waals surface area contributed by atoms with Gasteiger partial charge in [-0.25, -0.2) is 4.79 Å². The topological polar surface area (TPSA) is 108 Å². The third-order valence-electron chi connectivity index (χ3n) is 2.95. The summed E-state index contributed by atoms with van der Waals surface area (Å²) < 4.78 is 6.59. The number of urea groups is 1. The molecule has 2 aromatic rings. The molecule has 0 spiro atoms. The Morgan fingerprint density at radius 1 is 1.36 bits per heavy atom. The summed E-state index contributed by atoms with van der Waals surface area (Å²) in [6.45, 7) is 1.51. The minimum Gasteiger partial charge on any atom is -0.480 e. The van der Waals surface area contributed by atoms with E-state index in [1.54, 1.807) is 10.9 Å². The first-order valence-corrected chi connectivity index (χ1v) is 6.73. The highest BCUT2D eigenvalue weighted by Crippen LogP contribution is 2.09. The molecular formula is C14H17N4O4+. The van der Waals surface area contributed by atoms with Crippen molar-refractivity contribution in [2.75, 3.05) is 11.9 Å². The maximum Gasteiger partial charge on any atom is 0.323 e. The number of aliphatic carboxylic acids is 1. The first kappa shape index (κ1) is 15.5. The lowest BCUT2D eigenvalue weighted by Gasteiger charge is -2.01. The van der Waals surface area contributed by atoms with E-state index in [1.807, 2.05) is 37.3 Å². The Labute approximate surface area is 126 Å². The van der Waals surface area contributed by atoms with Crippen molar-refractivity contribution < 1.29 is 23.9 Å². The number of anilines is 1. The number of benzene rings is 1. The number of rotatable bonds is 6. The van der Waals surface area contributed by atoms with Gasteiger partial charge in [-0.3, -0.25) is 14.6 Å². The van der Waals surface area contributed by atoms with E-state index in [2.05, 4.69) is 15.9 Å². The summed E-state index contributed by atoms with van der Waals surface area (Å²) in [4.78, 5) is 21.7. The number of hydrogen-bond acceptors (Lipinski definition) is 4. The van der Waals surface area contributed by atoms with Gasteiger partial charge in [-0.05, 0) is 10.2 Å². The van der Waals surface area contributed by atoms with Crippen LogP contribution in [0.1, 0.15) is 18.5 Å². The van der Waals surface area contributed by atoms with Gasteiger partial charge in [0.1, 0.15) is 6.54 Å². The van der Waals surface area contributed by atoms with Gasteiger partial charge >= 0.3 is 17.9 Å². The predicted octanol–water partition coefficient (Wildman–Crippen LogP) is 0.972. The van der Waals surface area contributed by atoms with Crippen molar-refractivity contribution in [3.63, 3.8) is 0 Å². The molecule has 1 aromatic heterocycles. The van der Waals surface area contributed by atoms with Gasteiger partial charge in [0.15, 0.2) is 6.04 Å². The van der Waals surface area contributed by atoms with Crippen LogP contribution in [0.15, 0.2) is 41.1 Å². The van der Waals surface area contributed by atoms with Crippen LogP contribution in [0.4, 0.5) is 10.7 Å². The van der Waals surface area contributed by atoms with Gasteiger partial charge in [0.05, 0.1) is 0 Å². The molecule has 0 aliphatic rings. The van der Waals surface area contributed by atoms with Crippen molar-refractivity contribution in [2.24, 2.45) is 0 Å². The third-order valence-corrected chi connectivity index (χ3v) is 2.95. The highest BCUT2D eigenvalue weighted by molar-refractivity contribution is 5.89. The highest BCUT2D eigenvalue weighted by Gasteiger charge is 2.21. The Bertz CT molecular complexity index is 641. The molecule has 3 N–H and O–H groups in total. The summed E-state index contributed by atoms with van der Waals surface area (Å²) in [6, 6.07) is 9.32. The Hall–Kier alpha value is -2.90. The number of hydrogen-bond donors (Lipinski definition) is 3. The molecule has 1 heterocycles. The summed E-state index contributed by atoms with van der Waals surface area (Å²) in [5.41, 5.74) is 1.17. The molecule has 2 amide bonds. The van der Waals surface area contributed by atoms with Crippen molar-refractivity contribution in [2.45, 2.75) is 19.4 Å². The molecule has 22 heavy (non-hydrogen) atoms. The normalized spacial score (nSPS) is 11.7. The molecule has 8 heteroatoms. The maximum atomic E-state index is 11.4. The SMILES string of the molecule is CC(Cc1ccccc1)[n+]1cc(NC(=O)NCC(=O)O)on1. The molecule has 116 valence electrons. The van der Waals surface area contributed by atoms with Gasteiger partial charge in [-0.2, -0.15) is 0 Å². The third kappa shape index (κ3) is 4.58. The molecule has 0 aliphatic carbocycles. The molecule has 1 unspecified atom stereocenters. The Kier molecular flexibility index (Phi) is 5.07. The number of carbonyl (C=O) groups is 2. The van der Waals surface area contributed by atoms with Gasteiger partial charge in [0.2, 0.25) is 5.27 Å². The lowest BCUT2D eigenvalue weighted by molar-refractivity contribution is -0.782. The average molecular weight is 305 g/mol. The molecule has 1 atom stereocenters. The molecule has 0 saturated carbocycles. The fourth-order valence-corrected chi connectivity index (χ4v) is 1.88. The van der Waals surface area contributed by atoms with E-state index in [1.165, 1.54) is 5.56 Å². The number of amides is 2. The lowest BCUT2D eigenvalue weighted by Crippen LogP contribution is -2.40. The molecule has 2 rings (SSSR count). The van der Waals surface area contributed by atoms with E-state index < -0.39 is 18.5 Å². The van der Waals surface area contributed by atoms with E-state index in [0.29, 0.717) is 0 Å². The fourth-order valence-electron chi connectivity index (χ4n) is 1.88. The van der Waals surface area contributed by atoms with Crippen LogP contribution in [-0.4, -0.2) is 28.9 Å². The summed E-state index contributed by atoms with van der Waals surface area (Å²) in [7, 11) is 0. The monoisotopic (exact) mass is 305 g/mol. The first-order chi connectivity index (χ1) is 10.5. The van der Waals surface area contributed by atoms with Crippen LogP contribution in [0.5, 0.6) is 0 Å². The van der Waals surface area contributed by atoms with Gasteiger partial charge in [0, 0.05) is 13.3 Å². The largest absolute Gasteiger partial charge is 0.480 e. The molecule has 0 bridgehead atoms. The summed E-state index contributed by atoms with van der Waals surface area (Å²) in [5.74, 6) is -0.984. The zero-order valence-corrected chi connectivity index (χ0v) is 12.0. The number of aromatic nitrogens is 2. The number of carbonyl (C=O) groups excluding carboxylic acids is 1. The molecule has 0 aliphatic heterocycles. The van der Waals surface area contributed by atoms with Crippen molar-refractivity contribution in [1.82, 2.24) is 10.6 Å². The van der Waals surface area contributed by atoms with Crippen LogP contribution in [0, 0.1) is 0 Å². The van der Waals surface area contributed by atoms with Crippen molar-refractivity contribution in [1.29, 1.82) is 0 Å². The Morgan fingerprint density at radius 3 is 2.77 bits per heavy atom. The number of carboxylic acids is 1. The lowest BCUT2D eigenvalue weighted by atomic mass is 10.1. The van der Waals surface area contributed by atoms with Crippen LogP contribution >= 0.6 is 0 Å². The first-order valence-electron chi connectivity index (χ1n) is 6.73. The standard InChI is InChI=1S/C14H16N4O4/c1-10(7-11-5-3-2-4-6-11)18-9-12(22-17-18)16-14(21)15-8-13(19)20/h2-6,9-10H,7-8H2,1H3,(H2-,15,16,17,19,20,21)/p+1. The van der Waals surface area contributed by atoms with Crippen molar-refractivity contribution in [3.05, 3.63) is 42.1 Å². The van der Waals surface area contributed by atoms with Gasteiger partial charge in [-0.15, -0.1) is 0 Å². The number of nitrogens with zero attached hydrogens (tertiary/aromatic N) is 2. The fraction of sp³-hybridized carbons (Fsp3) is 0.286. The number of nitrogens with one attached hydrogen (secondary N) is 2. The van der Waals surface area contributed by atoms with E-state index in [-0.39, 0.29) is 11.9 Å². The quantitative estimate of drug-likeness (QED) is 0.689. The van der Waals surface area contributed by atoms with E-state index >= 15 is 0 Å². The smallest absolute Gasteiger partial charge is 0.323 e. The summed E-state index contributed by atoms with van der Waals surface area (Å²) in [6.07, 6.45) is 2.32. The second-order valence-electron chi connectivity index (χ2n) is 4.79. The van der Waals surface area contributed by atoms with Gasteiger partial charge in [0.25, 0.3) is 6.20 Å². The second-order valence-corrected chi connectivity index (χ2v) is 4.79. The molecule has 8 nitrogen and oxygen atoms in total. The second kappa shape index (κ2) is 7.21. The van der Waals surface area contributed by atoms with Crippen molar-refractivity contribution >= 4 is 17.9 Å². The molecule has 0 fully saturated rings. The zero-order valence-electron chi connectivity index (χ0n) is 12.0. The summed E-state index contributed by atoms with van der Waals surface area (Å²) in [5, 5.41) is 16.8. The van der Waals surface area contributed by atoms with Crippen LogP contribution in [0.2, 0.25) is 0 Å². The van der Waals surface area contributed by atoms with Crippen LogP contribution in [-0.2, 0) is 11.2 Å². The molecular weight excluding hydrogens is 288 g/mol. The Balaban J connectivity index is 1.90. The minimum atomic E-state index is -1.13. The molecule has 0 radical (unpaired) electrons. The predicted molar refractivity (Wildman–Crippen MR) is 76.2 cm³/mol. The average Bonchev–Trinajstić information content (AvgIpc) is 2.95. The van der Waals surface area contributed by atoms with E-state index in [0.717, 1.165) is 6.42 Å². The van der Waals surface area contributed by atoms with Gasteiger partial charge in [-0.1, -0.05) is 30.3 Å².